The molecule has 0 bridgehead atoms. The Hall–Kier alpha value is -6.24. The third-order valence-electron chi connectivity index (χ3n) is 9.86. The Kier molecular flexibility index (Phi) is 10.7. The first-order valence-electron chi connectivity index (χ1n) is 16.5. The molecule has 24 heteroatoms. The van der Waals surface area contributed by atoms with E-state index < -0.39 is 135 Å². The van der Waals surface area contributed by atoms with Crippen molar-refractivity contribution in [1.29, 1.82) is 0 Å². The lowest BCUT2D eigenvalue weighted by Crippen LogP contribution is -2.47. The first kappa shape index (κ1) is 43.3. The SMILES string of the molecule is NN=C1CC(c2ccc(-c3ccc(C4(S(=O)(=O)O)CC(=NN)C(=NC(=O)C(F)(F)F)c5ccccc54)c(F)c3)cc2F)(S(=O)(=O)O)c2ccccc2C1=NC(=O)C(F)(F)F. The van der Waals surface area contributed by atoms with Crippen molar-refractivity contribution >= 4 is 54.9 Å². The van der Waals surface area contributed by atoms with Crippen LogP contribution in [0.1, 0.15) is 46.2 Å². The summed E-state index contributed by atoms with van der Waals surface area (Å²) in [6.45, 7) is 0. The van der Waals surface area contributed by atoms with Crippen molar-refractivity contribution in [2.75, 3.05) is 0 Å². The molecule has 4 aromatic carbocycles. The topological polar surface area (TPSA) is 244 Å². The molecule has 4 aromatic rings. The Labute approximate surface area is 332 Å². The minimum Gasteiger partial charge on any atom is -0.323 e. The lowest BCUT2D eigenvalue weighted by atomic mass is 9.75. The number of carbonyl (C=O) groups excluding carboxylic acids is 2. The van der Waals surface area contributed by atoms with Crippen LogP contribution >= 0.6 is 0 Å². The van der Waals surface area contributed by atoms with E-state index in [-0.39, 0.29) is 11.1 Å². The standard InChI is InChI=1S/C36H24F8N6O8S2/c37-25-13-17(9-11-23(25)33(59(53,54)55)15-27(49-45)29(47-31(51)35(39,40)41)19-5-1-3-7-21(19)33)18-10-12-24(26(38)14-18)34(60(56,57)58)16-28(50-46)30(48-32(52)36(42,43)44)20-6-2-4-8-22(20)34/h1-14H,15-16,45-46H2,(H,53,54,55)(H,56,57,58). The Balaban J connectivity index is 1.51. The molecule has 0 fully saturated rings. The van der Waals surface area contributed by atoms with Gasteiger partial charge in [-0.3, -0.25) is 18.7 Å². The minimum atomic E-state index is -5.55. The van der Waals surface area contributed by atoms with E-state index in [1.807, 2.05) is 0 Å². The Morgan fingerprint density at radius 3 is 1.18 bits per heavy atom. The zero-order chi connectivity index (χ0) is 44.4. The molecule has 0 saturated heterocycles. The van der Waals surface area contributed by atoms with Gasteiger partial charge in [-0.2, -0.15) is 53.4 Å². The van der Waals surface area contributed by atoms with Crippen LogP contribution in [0.4, 0.5) is 35.1 Å². The maximum Gasteiger partial charge on any atom is 0.473 e. The van der Waals surface area contributed by atoms with Crippen LogP contribution in [-0.2, 0) is 39.3 Å². The second-order valence-electron chi connectivity index (χ2n) is 13.1. The van der Waals surface area contributed by atoms with E-state index >= 15 is 8.78 Å². The number of hydrogen-bond donors (Lipinski definition) is 4. The Morgan fingerprint density at radius 2 is 0.900 bits per heavy atom. The highest BCUT2D eigenvalue weighted by Crippen LogP contribution is 2.49. The van der Waals surface area contributed by atoms with Crippen LogP contribution in [0, 0.1) is 11.6 Å². The molecule has 2 unspecified atom stereocenters. The lowest BCUT2D eigenvalue weighted by Gasteiger charge is -2.38. The second kappa shape index (κ2) is 14.8. The fourth-order valence-electron chi connectivity index (χ4n) is 7.28. The van der Waals surface area contributed by atoms with Gasteiger partial charge in [0.05, 0.1) is 22.8 Å². The predicted molar refractivity (Wildman–Crippen MR) is 197 cm³/mol. The van der Waals surface area contributed by atoms with Crippen molar-refractivity contribution in [2.45, 2.75) is 34.7 Å². The van der Waals surface area contributed by atoms with Gasteiger partial charge in [0, 0.05) is 35.1 Å². The Bertz CT molecular complexity index is 2670. The van der Waals surface area contributed by atoms with E-state index in [9.17, 15) is 61.9 Å². The maximum atomic E-state index is 16.4. The van der Waals surface area contributed by atoms with Crippen LogP contribution in [0.2, 0.25) is 0 Å². The molecule has 2 amide bonds. The van der Waals surface area contributed by atoms with Crippen LogP contribution in [0.15, 0.2) is 105 Å². The molecule has 0 aliphatic heterocycles. The highest BCUT2D eigenvalue weighted by molar-refractivity contribution is 7.87. The van der Waals surface area contributed by atoms with Gasteiger partial charge < -0.3 is 11.7 Å². The highest BCUT2D eigenvalue weighted by Gasteiger charge is 2.56. The summed E-state index contributed by atoms with van der Waals surface area (Å²) in [5, 5.41) is 6.61. The van der Waals surface area contributed by atoms with Crippen molar-refractivity contribution < 1.29 is 70.7 Å². The van der Waals surface area contributed by atoms with Gasteiger partial charge in [0.25, 0.3) is 20.2 Å². The summed E-state index contributed by atoms with van der Waals surface area (Å²) < 4.78 is 181. The largest absolute Gasteiger partial charge is 0.473 e. The molecule has 6 rings (SSSR count). The molecule has 2 atom stereocenters. The number of amides is 2. The smallest absolute Gasteiger partial charge is 0.323 e. The molecular formula is C36H24F8N6O8S2. The number of aliphatic imine (C=N–C) groups is 2. The quantitative estimate of drug-likeness (QED) is 0.0896. The molecule has 60 heavy (non-hydrogen) atoms. The predicted octanol–water partition coefficient (Wildman–Crippen LogP) is 5.09. The van der Waals surface area contributed by atoms with E-state index in [1.165, 1.54) is 24.3 Å². The van der Waals surface area contributed by atoms with Crippen LogP contribution in [0.5, 0.6) is 0 Å². The van der Waals surface area contributed by atoms with Gasteiger partial charge in [-0.1, -0.05) is 72.8 Å². The van der Waals surface area contributed by atoms with E-state index in [0.29, 0.717) is 12.1 Å². The summed E-state index contributed by atoms with van der Waals surface area (Å²) in [6.07, 6.45) is -13.2. The van der Waals surface area contributed by atoms with Crippen molar-refractivity contribution in [3.63, 3.8) is 0 Å². The zero-order valence-corrected chi connectivity index (χ0v) is 31.3. The summed E-state index contributed by atoms with van der Waals surface area (Å²) in [7, 11) is -11.1. The number of hydrazone groups is 2. The van der Waals surface area contributed by atoms with Gasteiger partial charge in [0.1, 0.15) is 11.6 Å². The normalized spacial score (nSPS) is 22.5. The van der Waals surface area contributed by atoms with Gasteiger partial charge in [-0.15, -0.1) is 0 Å². The number of hydrogen-bond acceptors (Lipinski definition) is 10. The van der Waals surface area contributed by atoms with Gasteiger partial charge in [0.15, 0.2) is 9.49 Å². The number of halogens is 8. The summed E-state index contributed by atoms with van der Waals surface area (Å²) in [4.78, 5) is 29.8. The van der Waals surface area contributed by atoms with Gasteiger partial charge in [-0.05, 0) is 34.4 Å². The number of nitrogens with zero attached hydrogens (tertiary/aromatic N) is 4. The fraction of sp³-hybridized carbons (Fsp3) is 0.167. The highest BCUT2D eigenvalue weighted by atomic mass is 32.2. The summed E-state index contributed by atoms with van der Waals surface area (Å²) in [6, 6.07) is 14.0. The summed E-state index contributed by atoms with van der Waals surface area (Å²) in [5.74, 6) is 2.76. The first-order chi connectivity index (χ1) is 27.8. The number of rotatable bonds is 5. The molecule has 0 heterocycles. The molecule has 2 aliphatic rings. The third-order valence-corrected chi connectivity index (χ3v) is 12.8. The summed E-state index contributed by atoms with van der Waals surface area (Å²) >= 11 is 0. The second-order valence-corrected chi connectivity index (χ2v) is 16.4. The van der Waals surface area contributed by atoms with Crippen molar-refractivity contribution in [1.82, 2.24) is 0 Å². The number of fused-ring (bicyclic) bond motifs is 2. The number of benzene rings is 4. The third kappa shape index (κ3) is 7.03. The average Bonchev–Trinajstić information content (AvgIpc) is 3.16. The van der Waals surface area contributed by atoms with Crippen LogP contribution in [-0.4, -0.2) is 73.0 Å². The first-order valence-corrected chi connectivity index (χ1v) is 19.4. The van der Waals surface area contributed by atoms with E-state index in [0.717, 1.165) is 48.5 Å². The monoisotopic (exact) mass is 884 g/mol. The molecule has 0 radical (unpaired) electrons. The van der Waals surface area contributed by atoms with E-state index in [4.69, 9.17) is 11.7 Å². The molecule has 14 nitrogen and oxygen atoms in total. The lowest BCUT2D eigenvalue weighted by molar-refractivity contribution is -0.169. The van der Waals surface area contributed by atoms with Crippen molar-refractivity contribution in [2.24, 2.45) is 31.9 Å². The van der Waals surface area contributed by atoms with E-state index in [1.54, 1.807) is 0 Å². The molecule has 314 valence electrons. The zero-order valence-electron chi connectivity index (χ0n) is 29.6. The summed E-state index contributed by atoms with van der Waals surface area (Å²) in [5.41, 5.74) is -7.27. The Morgan fingerprint density at radius 1 is 0.567 bits per heavy atom. The fourth-order valence-corrected chi connectivity index (χ4v) is 9.72. The molecular weight excluding hydrogens is 861 g/mol. The molecule has 0 spiro atoms. The van der Waals surface area contributed by atoms with Gasteiger partial charge in [-0.25, -0.2) is 18.8 Å². The average molecular weight is 885 g/mol. The molecule has 0 saturated carbocycles. The van der Waals surface area contributed by atoms with Crippen molar-refractivity contribution in [3.05, 3.63) is 130 Å². The van der Waals surface area contributed by atoms with Crippen LogP contribution < -0.4 is 11.7 Å². The molecule has 6 N–H and O–H groups in total. The van der Waals surface area contributed by atoms with E-state index in [2.05, 4.69) is 20.2 Å². The molecule has 0 aromatic heterocycles. The number of alkyl halides is 6. The molecule has 2 aliphatic carbocycles. The van der Waals surface area contributed by atoms with Crippen molar-refractivity contribution in [3.8, 4) is 11.1 Å². The number of nitrogens with two attached hydrogens (primary N) is 2. The van der Waals surface area contributed by atoms with Crippen LogP contribution in [0.3, 0.4) is 0 Å². The maximum absolute atomic E-state index is 16.4. The number of carbonyl (C=O) groups is 2. The van der Waals surface area contributed by atoms with Gasteiger partial charge >= 0.3 is 24.2 Å². The van der Waals surface area contributed by atoms with Gasteiger partial charge in [0.2, 0.25) is 0 Å². The minimum absolute atomic E-state index is 0.226. The van der Waals surface area contributed by atoms with Crippen LogP contribution in [0.25, 0.3) is 11.1 Å².